The largest absolute Gasteiger partial charge is 0.505 e. The van der Waals surface area contributed by atoms with Crippen LogP contribution < -0.4 is 21.2 Å². The van der Waals surface area contributed by atoms with Crippen LogP contribution in [0.1, 0.15) is 16.8 Å². The summed E-state index contributed by atoms with van der Waals surface area (Å²) >= 11 is 0. The highest BCUT2D eigenvalue weighted by Crippen LogP contribution is 2.36. The number of para-hydroxylation sites is 1. The second-order valence-electron chi connectivity index (χ2n) is 11.2. The lowest BCUT2D eigenvalue weighted by Gasteiger charge is -2.24. The first-order valence-corrected chi connectivity index (χ1v) is 13.6. The van der Waals surface area contributed by atoms with Gasteiger partial charge in [0.25, 0.3) is 5.56 Å². The number of aromatic nitrogens is 6. The van der Waals surface area contributed by atoms with Gasteiger partial charge in [0.15, 0.2) is 6.61 Å². The smallest absolute Gasteiger partial charge is 0.299 e. The van der Waals surface area contributed by atoms with Crippen molar-refractivity contribution in [2.45, 2.75) is 20.8 Å². The lowest BCUT2D eigenvalue weighted by atomic mass is 10.0. The molecular formula is C30H36N9O3+. The molecule has 2 aromatic heterocycles. The lowest BCUT2D eigenvalue weighted by Crippen LogP contribution is -2.40. The summed E-state index contributed by atoms with van der Waals surface area (Å²) < 4.78 is 2.23. The highest BCUT2D eigenvalue weighted by Gasteiger charge is 2.21. The molecule has 0 aliphatic rings. The van der Waals surface area contributed by atoms with Gasteiger partial charge in [0.2, 0.25) is 5.82 Å². The van der Waals surface area contributed by atoms with Crippen LogP contribution in [-0.4, -0.2) is 74.0 Å². The summed E-state index contributed by atoms with van der Waals surface area (Å²) in [5.41, 5.74) is 12.0. The van der Waals surface area contributed by atoms with Crippen molar-refractivity contribution in [2.75, 3.05) is 45.1 Å². The summed E-state index contributed by atoms with van der Waals surface area (Å²) in [6, 6.07) is 18.7. The van der Waals surface area contributed by atoms with E-state index in [1.807, 2.05) is 75.4 Å². The monoisotopic (exact) mass is 570 g/mol. The summed E-state index contributed by atoms with van der Waals surface area (Å²) in [6.45, 7) is 7.00. The molecule has 5 rings (SSSR count). The van der Waals surface area contributed by atoms with Crippen LogP contribution in [0.5, 0.6) is 5.75 Å². The van der Waals surface area contributed by atoms with E-state index in [1.54, 1.807) is 6.07 Å². The van der Waals surface area contributed by atoms with E-state index in [4.69, 9.17) is 4.84 Å². The van der Waals surface area contributed by atoms with Crippen molar-refractivity contribution >= 4 is 11.4 Å². The molecule has 12 nitrogen and oxygen atoms in total. The zero-order valence-corrected chi connectivity index (χ0v) is 24.6. The van der Waals surface area contributed by atoms with Gasteiger partial charge in [0.1, 0.15) is 23.7 Å². The highest BCUT2D eigenvalue weighted by atomic mass is 16.7. The minimum absolute atomic E-state index is 0.0148. The maximum absolute atomic E-state index is 13.8. The van der Waals surface area contributed by atoms with Gasteiger partial charge < -0.3 is 14.4 Å². The summed E-state index contributed by atoms with van der Waals surface area (Å²) in [6.07, 6.45) is 0. The number of likely N-dealkylation sites (N-methyl/N-ethyl adjacent to an activating group) is 1. The number of rotatable bonds is 10. The van der Waals surface area contributed by atoms with Gasteiger partial charge in [-0.15, -0.1) is 15.0 Å². The molecule has 12 heteroatoms. The second kappa shape index (κ2) is 11.4. The van der Waals surface area contributed by atoms with Crippen molar-refractivity contribution < 1.29 is 14.4 Å². The number of aromatic amines is 1. The summed E-state index contributed by atoms with van der Waals surface area (Å²) in [4.78, 5) is 21.5. The van der Waals surface area contributed by atoms with E-state index >= 15 is 0 Å². The van der Waals surface area contributed by atoms with Crippen LogP contribution >= 0.6 is 0 Å². The summed E-state index contributed by atoms with van der Waals surface area (Å²) in [5.74, 6) is 0.469. The average molecular weight is 571 g/mol. The van der Waals surface area contributed by atoms with E-state index in [0.29, 0.717) is 45.2 Å². The van der Waals surface area contributed by atoms with Gasteiger partial charge in [-0.25, -0.2) is 0 Å². The highest BCUT2D eigenvalue weighted by molar-refractivity contribution is 5.80. The Morgan fingerprint density at radius 2 is 1.71 bits per heavy atom. The standard InChI is InChI=1S/C30H35N9O3/c1-19-13-14-24(17-20(19)2)37-30(41)27(21(3)38(37)42-16-15-39(4,5)6)32-31-26-12-8-11-25(28(26)40)22-9-7-10-23(18-22)29-33-35-36-34-29/h7-14,17-18H,15-16H2,1-6H3,(H3-,31,32,33,34,35,36,40)/p+1. The molecule has 218 valence electrons. The van der Waals surface area contributed by atoms with Crippen molar-refractivity contribution in [1.82, 2.24) is 30.2 Å². The van der Waals surface area contributed by atoms with Gasteiger partial charge >= 0.3 is 0 Å². The van der Waals surface area contributed by atoms with E-state index in [1.165, 1.54) is 9.53 Å². The predicted octanol–water partition coefficient (Wildman–Crippen LogP) is 3.69. The van der Waals surface area contributed by atoms with E-state index in [9.17, 15) is 9.90 Å². The average Bonchev–Trinajstić information content (AvgIpc) is 3.57. The molecule has 0 bridgehead atoms. The molecule has 0 aliphatic carbocycles. The number of aromatic hydroxyl groups is 1. The van der Waals surface area contributed by atoms with E-state index < -0.39 is 0 Å². The molecule has 0 aliphatic heterocycles. The first-order chi connectivity index (χ1) is 20.0. The topological polar surface area (TPSA) is 135 Å². The van der Waals surface area contributed by atoms with Crippen LogP contribution in [0.15, 0.2) is 65.5 Å². The zero-order valence-electron chi connectivity index (χ0n) is 24.6. The number of phenols is 1. The molecule has 0 saturated carbocycles. The van der Waals surface area contributed by atoms with Gasteiger partial charge in [-0.05, 0) is 66.9 Å². The molecule has 0 unspecified atom stereocenters. The SMILES string of the molecule is Cc1ccc(-n2c(=O)c(NNc3cccc(-c4cccc(-c5nn[nH]n5)c4)c3O)c(C)n2OCC[N+](C)(C)C)cc1C. The predicted molar refractivity (Wildman–Crippen MR) is 163 cm³/mol. The third-order valence-electron chi connectivity index (χ3n) is 7.08. The number of H-pyrrole nitrogens is 1. The maximum Gasteiger partial charge on any atom is 0.299 e. The number of hydrogen-bond donors (Lipinski definition) is 4. The third kappa shape index (κ3) is 5.84. The molecule has 0 saturated heterocycles. The minimum atomic E-state index is -0.294. The Hall–Kier alpha value is -5.10. The number of nitrogens with one attached hydrogen (secondary N) is 3. The molecule has 5 aromatic rings. The summed E-state index contributed by atoms with van der Waals surface area (Å²) in [7, 11) is 6.25. The normalized spacial score (nSPS) is 11.5. The molecule has 2 heterocycles. The van der Waals surface area contributed by atoms with Crippen LogP contribution in [0.25, 0.3) is 28.2 Å². The number of quaternary nitrogens is 1. The second-order valence-corrected chi connectivity index (χ2v) is 11.2. The fourth-order valence-electron chi connectivity index (χ4n) is 4.48. The van der Waals surface area contributed by atoms with Crippen LogP contribution in [0.2, 0.25) is 0 Å². The van der Waals surface area contributed by atoms with Crippen molar-refractivity contribution in [2.24, 2.45) is 0 Å². The number of anilines is 2. The number of aryl methyl sites for hydroxylation is 2. The van der Waals surface area contributed by atoms with Crippen molar-refractivity contribution in [1.29, 1.82) is 0 Å². The Labute approximate surface area is 243 Å². The molecule has 3 aromatic carbocycles. The van der Waals surface area contributed by atoms with E-state index in [-0.39, 0.29) is 11.3 Å². The first-order valence-electron chi connectivity index (χ1n) is 13.6. The van der Waals surface area contributed by atoms with Crippen LogP contribution in [0.3, 0.4) is 0 Å². The molecule has 0 radical (unpaired) electrons. The van der Waals surface area contributed by atoms with Crippen LogP contribution in [0.4, 0.5) is 11.4 Å². The Balaban J connectivity index is 1.46. The molecular weight excluding hydrogens is 534 g/mol. The summed E-state index contributed by atoms with van der Waals surface area (Å²) in [5, 5.41) is 25.3. The van der Waals surface area contributed by atoms with Gasteiger partial charge in [-0.1, -0.05) is 36.4 Å². The minimum Gasteiger partial charge on any atom is -0.505 e. The maximum atomic E-state index is 13.8. The first kappa shape index (κ1) is 28.4. The zero-order chi connectivity index (χ0) is 30.0. The van der Waals surface area contributed by atoms with Gasteiger partial charge in [0, 0.05) is 11.1 Å². The third-order valence-corrected chi connectivity index (χ3v) is 7.08. The van der Waals surface area contributed by atoms with Gasteiger partial charge in [0.05, 0.1) is 32.5 Å². The number of benzene rings is 3. The fraction of sp³-hybridized carbons (Fsp3) is 0.267. The molecule has 4 N–H and O–H groups in total. The Morgan fingerprint density at radius 3 is 2.43 bits per heavy atom. The molecule has 0 atom stereocenters. The molecule has 0 amide bonds. The molecule has 0 spiro atoms. The number of tetrazole rings is 1. The molecule has 42 heavy (non-hydrogen) atoms. The Morgan fingerprint density at radius 1 is 0.952 bits per heavy atom. The fourth-order valence-corrected chi connectivity index (χ4v) is 4.48. The van der Waals surface area contributed by atoms with Crippen molar-refractivity contribution in [3.05, 3.63) is 87.8 Å². The quantitative estimate of drug-likeness (QED) is 0.113. The number of nitrogens with zero attached hydrogens (tertiary/aromatic N) is 6. The van der Waals surface area contributed by atoms with Gasteiger partial charge in [-0.2, -0.15) is 9.90 Å². The van der Waals surface area contributed by atoms with Crippen LogP contribution in [0, 0.1) is 20.8 Å². The van der Waals surface area contributed by atoms with E-state index in [2.05, 4.69) is 52.6 Å². The Bertz CT molecular complexity index is 1770. The van der Waals surface area contributed by atoms with Gasteiger partial charge in [-0.3, -0.25) is 15.6 Å². The molecule has 0 fully saturated rings. The van der Waals surface area contributed by atoms with E-state index in [0.717, 1.165) is 28.8 Å². The Kier molecular flexibility index (Phi) is 7.72. The van der Waals surface area contributed by atoms with Crippen LogP contribution in [-0.2, 0) is 0 Å². The van der Waals surface area contributed by atoms with Crippen molar-refractivity contribution in [3.63, 3.8) is 0 Å². The lowest BCUT2D eigenvalue weighted by molar-refractivity contribution is -0.870. The number of hydrogen-bond acceptors (Lipinski definition) is 8. The van der Waals surface area contributed by atoms with Crippen molar-refractivity contribution in [3.8, 4) is 34.0 Å². The number of phenolic OH excluding ortho intramolecular Hbond substituents is 1. The number of hydrazine groups is 1.